The van der Waals surface area contributed by atoms with Gasteiger partial charge in [-0.3, -0.25) is 4.79 Å². The molecule has 0 aliphatic heterocycles. The van der Waals surface area contributed by atoms with E-state index in [0.717, 1.165) is 5.56 Å². The van der Waals surface area contributed by atoms with Crippen LogP contribution in [0.2, 0.25) is 0 Å². The van der Waals surface area contributed by atoms with Crippen molar-refractivity contribution in [3.05, 3.63) is 54.1 Å². The normalized spacial score (nSPS) is 11.4. The van der Waals surface area contributed by atoms with Crippen LogP contribution in [0.25, 0.3) is 0 Å². The van der Waals surface area contributed by atoms with Crippen LogP contribution in [0.15, 0.2) is 53.5 Å². The summed E-state index contributed by atoms with van der Waals surface area (Å²) in [6.07, 6.45) is -2.70. The number of hydrogen-bond acceptors (Lipinski definition) is 13. The van der Waals surface area contributed by atoms with Gasteiger partial charge >= 0.3 is 30.1 Å². The molecular formula is C29H40N2O12S2. The van der Waals surface area contributed by atoms with Gasteiger partial charge in [0.05, 0.1) is 30.2 Å². The first kappa shape index (κ1) is 39.0. The molecule has 2 N–H and O–H groups in total. The molecule has 1 aromatic rings. The molecular weight excluding hydrogens is 632 g/mol. The summed E-state index contributed by atoms with van der Waals surface area (Å²) in [5.41, 5.74) is 1.33. The predicted molar refractivity (Wildman–Crippen MR) is 165 cm³/mol. The largest absolute Gasteiger partial charge is 0.465 e. The molecule has 0 saturated heterocycles. The molecule has 0 heterocycles. The van der Waals surface area contributed by atoms with Crippen LogP contribution in [0.5, 0.6) is 0 Å². The van der Waals surface area contributed by atoms with E-state index in [1.165, 1.54) is 37.7 Å². The number of hydrogen-bond donors (Lipinski definition) is 2. The van der Waals surface area contributed by atoms with Crippen molar-refractivity contribution in [1.82, 2.24) is 10.6 Å². The minimum absolute atomic E-state index is 0.0318. The van der Waals surface area contributed by atoms with Crippen molar-refractivity contribution in [2.24, 2.45) is 0 Å². The fourth-order valence-corrected chi connectivity index (χ4v) is 4.93. The van der Waals surface area contributed by atoms with Crippen LogP contribution in [-0.2, 0) is 47.9 Å². The van der Waals surface area contributed by atoms with Crippen LogP contribution in [0.1, 0.15) is 25.8 Å². The second-order valence-corrected chi connectivity index (χ2v) is 12.7. The van der Waals surface area contributed by atoms with Crippen molar-refractivity contribution >= 4 is 51.7 Å². The van der Waals surface area contributed by atoms with E-state index in [0.29, 0.717) is 0 Å². The minimum Gasteiger partial charge on any atom is -0.465 e. The fourth-order valence-electron chi connectivity index (χ4n) is 2.94. The van der Waals surface area contributed by atoms with Crippen LogP contribution >= 0.6 is 11.8 Å². The van der Waals surface area contributed by atoms with Gasteiger partial charge in [0.25, 0.3) is 0 Å². The van der Waals surface area contributed by atoms with Crippen molar-refractivity contribution in [3.63, 3.8) is 0 Å². The number of aryl methyl sites for hydroxylation is 1. The Morgan fingerprint density at radius 1 is 0.822 bits per heavy atom. The minimum atomic E-state index is -3.60. The van der Waals surface area contributed by atoms with E-state index in [-0.39, 0.29) is 79.2 Å². The number of amides is 2. The maximum absolute atomic E-state index is 12.4. The van der Waals surface area contributed by atoms with Crippen molar-refractivity contribution < 1.29 is 56.1 Å². The Labute approximate surface area is 267 Å². The molecule has 1 rings (SSSR count). The van der Waals surface area contributed by atoms with Crippen LogP contribution < -0.4 is 10.6 Å². The Hall–Kier alpha value is -4.05. The standard InChI is InChI=1S/C29H40N2O12S2/c1-20(2)26(33)40-13-11-30-28(35)42-18-23(43-29(36)31-12-14-41-27(34)21(3)4)19-44-16-10-25(32)39-15-17-45(37,38)24-8-6-22(5)7-9-24/h6-9,23H,1,3,10-19H2,2,4-5H3,(H,30,35)(H,31,36). The molecule has 0 aromatic heterocycles. The first-order chi connectivity index (χ1) is 21.2. The van der Waals surface area contributed by atoms with E-state index in [9.17, 15) is 32.4 Å². The highest BCUT2D eigenvalue weighted by Crippen LogP contribution is 2.13. The lowest BCUT2D eigenvalue weighted by molar-refractivity contribution is -0.142. The van der Waals surface area contributed by atoms with E-state index in [1.807, 2.05) is 6.92 Å². The fraction of sp³-hybridized carbons (Fsp3) is 0.483. The molecule has 0 radical (unpaired) electrons. The van der Waals surface area contributed by atoms with Gasteiger partial charge in [0.2, 0.25) is 0 Å². The quantitative estimate of drug-likeness (QED) is 0.0890. The van der Waals surface area contributed by atoms with Gasteiger partial charge in [0.15, 0.2) is 9.84 Å². The number of esters is 3. The topological polar surface area (TPSA) is 190 Å². The molecule has 1 atom stereocenters. The summed E-state index contributed by atoms with van der Waals surface area (Å²) in [6.45, 7) is 10.7. The maximum Gasteiger partial charge on any atom is 0.407 e. The van der Waals surface area contributed by atoms with Crippen LogP contribution in [0.4, 0.5) is 9.59 Å². The molecule has 0 fully saturated rings. The highest BCUT2D eigenvalue weighted by Gasteiger charge is 2.19. The van der Waals surface area contributed by atoms with E-state index in [2.05, 4.69) is 23.8 Å². The third-order valence-electron chi connectivity index (χ3n) is 5.33. The first-order valence-corrected chi connectivity index (χ1v) is 16.5. The summed E-state index contributed by atoms with van der Waals surface area (Å²) in [4.78, 5) is 59.3. The smallest absolute Gasteiger partial charge is 0.407 e. The highest BCUT2D eigenvalue weighted by molar-refractivity contribution is 7.99. The number of carbonyl (C=O) groups is 5. The van der Waals surface area contributed by atoms with Crippen LogP contribution in [-0.4, -0.2) is 101 Å². The number of alkyl carbamates (subject to hydrolysis) is 2. The number of thioether (sulfide) groups is 1. The summed E-state index contributed by atoms with van der Waals surface area (Å²) in [5, 5.41) is 4.78. The number of nitrogens with one attached hydrogen (secondary N) is 2. The number of sulfone groups is 1. The molecule has 0 spiro atoms. The van der Waals surface area contributed by atoms with E-state index in [1.54, 1.807) is 12.1 Å². The van der Waals surface area contributed by atoms with Gasteiger partial charge in [0.1, 0.15) is 32.5 Å². The number of carbonyl (C=O) groups excluding carboxylic acids is 5. The molecule has 250 valence electrons. The summed E-state index contributed by atoms with van der Waals surface area (Å²) < 4.78 is 50.0. The Morgan fingerprint density at radius 3 is 1.93 bits per heavy atom. The lowest BCUT2D eigenvalue weighted by atomic mass is 10.2. The summed E-state index contributed by atoms with van der Waals surface area (Å²) in [7, 11) is -3.60. The molecule has 1 aromatic carbocycles. The molecule has 1 unspecified atom stereocenters. The van der Waals surface area contributed by atoms with Gasteiger partial charge in [-0.05, 0) is 32.9 Å². The SMILES string of the molecule is C=C(C)C(=O)OCCNC(=O)OCC(CSCCC(=O)OCCS(=O)(=O)c1ccc(C)cc1)OC(=O)NCCOC(=O)C(=C)C. The maximum atomic E-state index is 12.4. The Bertz CT molecular complexity index is 1300. The summed E-state index contributed by atoms with van der Waals surface area (Å²) in [5.74, 6) is -1.82. The third-order valence-corrected chi connectivity index (χ3v) is 8.12. The molecule has 14 nitrogen and oxygen atoms in total. The Balaban J connectivity index is 2.50. The molecule has 0 aliphatic rings. The van der Waals surface area contributed by atoms with Gasteiger partial charge in [-0.1, -0.05) is 30.9 Å². The summed E-state index contributed by atoms with van der Waals surface area (Å²) >= 11 is 1.20. The number of benzene rings is 1. The van der Waals surface area contributed by atoms with Crippen molar-refractivity contribution in [2.45, 2.75) is 38.2 Å². The summed E-state index contributed by atoms with van der Waals surface area (Å²) in [6, 6.07) is 6.35. The molecule has 0 saturated carbocycles. The van der Waals surface area contributed by atoms with E-state index >= 15 is 0 Å². The van der Waals surface area contributed by atoms with Crippen molar-refractivity contribution in [1.29, 1.82) is 0 Å². The van der Waals surface area contributed by atoms with Gasteiger partial charge in [-0.15, -0.1) is 0 Å². The van der Waals surface area contributed by atoms with Gasteiger partial charge in [-0.2, -0.15) is 11.8 Å². The van der Waals surface area contributed by atoms with E-state index in [4.69, 9.17) is 23.7 Å². The predicted octanol–water partition coefficient (Wildman–Crippen LogP) is 2.49. The Kier molecular flexibility index (Phi) is 18.0. The monoisotopic (exact) mass is 672 g/mol. The zero-order valence-corrected chi connectivity index (χ0v) is 27.2. The average Bonchev–Trinajstić information content (AvgIpc) is 2.98. The molecule has 0 aliphatic carbocycles. The Morgan fingerprint density at radius 2 is 1.38 bits per heavy atom. The van der Waals surface area contributed by atoms with Gasteiger partial charge < -0.3 is 34.3 Å². The second-order valence-electron chi connectivity index (χ2n) is 9.49. The molecule has 16 heteroatoms. The van der Waals surface area contributed by atoms with Crippen LogP contribution in [0, 0.1) is 6.92 Å². The number of rotatable bonds is 20. The van der Waals surface area contributed by atoms with E-state index < -0.39 is 46.0 Å². The average molecular weight is 673 g/mol. The van der Waals surface area contributed by atoms with Gasteiger partial charge in [-0.25, -0.2) is 27.6 Å². The third kappa shape index (κ3) is 17.7. The first-order valence-electron chi connectivity index (χ1n) is 13.7. The highest BCUT2D eigenvalue weighted by atomic mass is 32.2. The number of ether oxygens (including phenoxy) is 5. The molecule has 0 bridgehead atoms. The zero-order valence-electron chi connectivity index (χ0n) is 25.6. The van der Waals surface area contributed by atoms with Crippen molar-refractivity contribution in [2.75, 3.05) is 56.8 Å². The molecule has 2 amide bonds. The van der Waals surface area contributed by atoms with Gasteiger partial charge in [0, 0.05) is 22.7 Å². The second kappa shape index (κ2) is 20.8. The lowest BCUT2D eigenvalue weighted by Gasteiger charge is -2.18. The lowest BCUT2D eigenvalue weighted by Crippen LogP contribution is -2.37. The van der Waals surface area contributed by atoms with Crippen LogP contribution in [0.3, 0.4) is 0 Å². The zero-order chi connectivity index (χ0) is 33.8. The molecule has 45 heavy (non-hydrogen) atoms. The van der Waals surface area contributed by atoms with Crippen molar-refractivity contribution in [3.8, 4) is 0 Å².